The highest BCUT2D eigenvalue weighted by molar-refractivity contribution is 6.31. The minimum absolute atomic E-state index is 0.0586. The highest BCUT2D eigenvalue weighted by Gasteiger charge is 2.20. The second kappa shape index (κ2) is 9.10. The summed E-state index contributed by atoms with van der Waals surface area (Å²) in [6, 6.07) is 11.3. The summed E-state index contributed by atoms with van der Waals surface area (Å²) >= 11 is 6.07. The smallest absolute Gasteiger partial charge is 0.305 e. The molecule has 0 saturated carbocycles. The van der Waals surface area contributed by atoms with Crippen molar-refractivity contribution in [2.24, 2.45) is 0 Å². The van der Waals surface area contributed by atoms with Gasteiger partial charge in [0.1, 0.15) is 0 Å². The molecule has 138 valence electrons. The SMILES string of the molecule is COc1ccc([C@@H](CC(=O)O)NC(=O)Cc2ccccc2Cl)cc1OC. The molecule has 1 amide bonds. The van der Waals surface area contributed by atoms with E-state index in [0.29, 0.717) is 27.6 Å². The van der Waals surface area contributed by atoms with Gasteiger partial charge in [0, 0.05) is 5.02 Å². The summed E-state index contributed by atoms with van der Waals surface area (Å²) < 4.78 is 10.4. The number of carboxylic acids is 1. The Morgan fingerprint density at radius 1 is 1.12 bits per heavy atom. The molecule has 26 heavy (non-hydrogen) atoms. The first kappa shape index (κ1) is 19.6. The van der Waals surface area contributed by atoms with Crippen LogP contribution in [0.3, 0.4) is 0 Å². The van der Waals surface area contributed by atoms with E-state index in [2.05, 4.69) is 5.32 Å². The molecule has 0 fully saturated rings. The topological polar surface area (TPSA) is 84.9 Å². The Balaban J connectivity index is 2.20. The van der Waals surface area contributed by atoms with E-state index in [0.717, 1.165) is 0 Å². The average Bonchev–Trinajstić information content (AvgIpc) is 2.62. The van der Waals surface area contributed by atoms with E-state index in [9.17, 15) is 14.7 Å². The zero-order chi connectivity index (χ0) is 19.1. The van der Waals surface area contributed by atoms with Crippen LogP contribution >= 0.6 is 11.6 Å². The standard InChI is InChI=1S/C19H20ClNO5/c1-25-16-8-7-13(9-17(16)26-2)15(11-19(23)24)21-18(22)10-12-5-3-4-6-14(12)20/h3-9,15H,10-11H2,1-2H3,(H,21,22)(H,23,24)/t15-/m1/s1. The molecular weight excluding hydrogens is 358 g/mol. The van der Waals surface area contributed by atoms with Crippen LogP contribution in [-0.2, 0) is 16.0 Å². The minimum Gasteiger partial charge on any atom is -0.493 e. The number of aliphatic carboxylic acids is 1. The summed E-state index contributed by atoms with van der Waals surface area (Å²) in [6.07, 6.45) is -0.202. The lowest BCUT2D eigenvalue weighted by Crippen LogP contribution is -2.31. The van der Waals surface area contributed by atoms with Crippen molar-refractivity contribution >= 4 is 23.5 Å². The van der Waals surface area contributed by atoms with Gasteiger partial charge in [-0.15, -0.1) is 0 Å². The molecule has 0 radical (unpaired) electrons. The van der Waals surface area contributed by atoms with E-state index in [1.165, 1.54) is 14.2 Å². The summed E-state index contributed by atoms with van der Waals surface area (Å²) in [4.78, 5) is 23.6. The Morgan fingerprint density at radius 2 is 1.81 bits per heavy atom. The van der Waals surface area contributed by atoms with Gasteiger partial charge in [0.25, 0.3) is 0 Å². The largest absolute Gasteiger partial charge is 0.493 e. The molecule has 6 nitrogen and oxygen atoms in total. The monoisotopic (exact) mass is 377 g/mol. The molecule has 0 saturated heterocycles. The summed E-state index contributed by atoms with van der Waals surface area (Å²) in [7, 11) is 3.00. The van der Waals surface area contributed by atoms with E-state index in [4.69, 9.17) is 21.1 Å². The maximum Gasteiger partial charge on any atom is 0.305 e. The van der Waals surface area contributed by atoms with Crippen molar-refractivity contribution in [2.45, 2.75) is 18.9 Å². The van der Waals surface area contributed by atoms with Crippen LogP contribution in [0, 0.1) is 0 Å². The van der Waals surface area contributed by atoms with Crippen molar-refractivity contribution in [1.82, 2.24) is 5.32 Å². The fraction of sp³-hybridized carbons (Fsp3) is 0.263. The molecule has 0 bridgehead atoms. The normalized spacial score (nSPS) is 11.5. The highest BCUT2D eigenvalue weighted by atomic mass is 35.5. The number of benzene rings is 2. The average molecular weight is 378 g/mol. The first-order chi connectivity index (χ1) is 12.4. The molecule has 0 aliphatic rings. The number of hydrogen-bond acceptors (Lipinski definition) is 4. The number of nitrogens with one attached hydrogen (secondary N) is 1. The predicted molar refractivity (Wildman–Crippen MR) is 97.8 cm³/mol. The Hall–Kier alpha value is -2.73. The lowest BCUT2D eigenvalue weighted by molar-refractivity contribution is -0.137. The van der Waals surface area contributed by atoms with Crippen molar-refractivity contribution < 1.29 is 24.2 Å². The maximum absolute atomic E-state index is 12.4. The van der Waals surface area contributed by atoms with Gasteiger partial charge in [-0.1, -0.05) is 35.9 Å². The van der Waals surface area contributed by atoms with Gasteiger partial charge in [0.05, 0.1) is 33.1 Å². The van der Waals surface area contributed by atoms with Crippen LogP contribution in [0.2, 0.25) is 5.02 Å². The van der Waals surface area contributed by atoms with E-state index >= 15 is 0 Å². The lowest BCUT2D eigenvalue weighted by atomic mass is 10.0. The van der Waals surface area contributed by atoms with Gasteiger partial charge >= 0.3 is 5.97 Å². The molecule has 0 unspecified atom stereocenters. The maximum atomic E-state index is 12.4. The van der Waals surface area contributed by atoms with E-state index in [-0.39, 0.29) is 18.7 Å². The van der Waals surface area contributed by atoms with Crippen molar-refractivity contribution in [3.8, 4) is 11.5 Å². The van der Waals surface area contributed by atoms with Gasteiger partial charge in [-0.25, -0.2) is 0 Å². The molecule has 0 spiro atoms. The Kier molecular flexibility index (Phi) is 6.86. The quantitative estimate of drug-likeness (QED) is 0.737. The molecule has 0 aromatic heterocycles. The molecule has 0 aliphatic heterocycles. The van der Waals surface area contributed by atoms with Gasteiger partial charge in [-0.3, -0.25) is 9.59 Å². The van der Waals surface area contributed by atoms with E-state index in [1.807, 2.05) is 0 Å². The Bertz CT molecular complexity index is 793. The highest BCUT2D eigenvalue weighted by Crippen LogP contribution is 2.31. The van der Waals surface area contributed by atoms with Crippen molar-refractivity contribution in [3.63, 3.8) is 0 Å². The molecule has 1 atom stereocenters. The number of carbonyl (C=O) groups excluding carboxylic acids is 1. The number of halogens is 1. The van der Waals surface area contributed by atoms with Crippen molar-refractivity contribution in [3.05, 3.63) is 58.6 Å². The fourth-order valence-electron chi connectivity index (χ4n) is 2.56. The zero-order valence-electron chi connectivity index (χ0n) is 14.5. The van der Waals surface area contributed by atoms with Gasteiger partial charge < -0.3 is 19.9 Å². The van der Waals surface area contributed by atoms with E-state index < -0.39 is 12.0 Å². The number of ether oxygens (including phenoxy) is 2. The third-order valence-electron chi connectivity index (χ3n) is 3.83. The third kappa shape index (κ3) is 5.13. The number of rotatable bonds is 8. The van der Waals surface area contributed by atoms with Crippen LogP contribution in [0.25, 0.3) is 0 Å². The number of carboxylic acid groups (broad SMARTS) is 1. The summed E-state index contributed by atoms with van der Waals surface area (Å²) in [5, 5.41) is 12.4. The first-order valence-corrected chi connectivity index (χ1v) is 8.29. The molecule has 2 N–H and O–H groups in total. The number of amides is 1. The van der Waals surface area contributed by atoms with Gasteiger partial charge in [-0.05, 0) is 29.3 Å². The summed E-state index contributed by atoms with van der Waals surface area (Å²) in [6.45, 7) is 0. The molecule has 2 aromatic carbocycles. The summed E-state index contributed by atoms with van der Waals surface area (Å²) in [5.74, 6) is -0.365. The number of methoxy groups -OCH3 is 2. The minimum atomic E-state index is -1.03. The van der Waals surface area contributed by atoms with Crippen LogP contribution < -0.4 is 14.8 Å². The lowest BCUT2D eigenvalue weighted by Gasteiger charge is -2.19. The molecule has 0 aliphatic carbocycles. The second-order valence-electron chi connectivity index (χ2n) is 5.60. The number of hydrogen-bond donors (Lipinski definition) is 2. The van der Waals surface area contributed by atoms with Gasteiger partial charge in [0.15, 0.2) is 11.5 Å². The fourth-order valence-corrected chi connectivity index (χ4v) is 2.76. The van der Waals surface area contributed by atoms with Gasteiger partial charge in [0.2, 0.25) is 5.91 Å². The molecule has 7 heteroatoms. The van der Waals surface area contributed by atoms with Gasteiger partial charge in [-0.2, -0.15) is 0 Å². The molecule has 2 aromatic rings. The Morgan fingerprint density at radius 3 is 2.42 bits per heavy atom. The first-order valence-electron chi connectivity index (χ1n) is 7.91. The second-order valence-corrected chi connectivity index (χ2v) is 6.01. The van der Waals surface area contributed by atoms with Crippen molar-refractivity contribution in [2.75, 3.05) is 14.2 Å². The van der Waals surface area contributed by atoms with Crippen molar-refractivity contribution in [1.29, 1.82) is 0 Å². The Labute approximate surface area is 156 Å². The van der Waals surface area contributed by atoms with Crippen LogP contribution in [-0.4, -0.2) is 31.2 Å². The summed E-state index contributed by atoms with van der Waals surface area (Å²) in [5.41, 5.74) is 1.28. The molecular formula is C19H20ClNO5. The predicted octanol–water partition coefficient (Wildman–Crippen LogP) is 3.23. The number of carbonyl (C=O) groups is 2. The third-order valence-corrected chi connectivity index (χ3v) is 4.20. The van der Waals surface area contributed by atoms with Crippen LogP contribution in [0.4, 0.5) is 0 Å². The van der Waals surface area contributed by atoms with Crippen LogP contribution in [0.15, 0.2) is 42.5 Å². The van der Waals surface area contributed by atoms with E-state index in [1.54, 1.807) is 42.5 Å². The van der Waals surface area contributed by atoms with Crippen LogP contribution in [0.5, 0.6) is 11.5 Å². The molecule has 2 rings (SSSR count). The van der Waals surface area contributed by atoms with Crippen LogP contribution in [0.1, 0.15) is 23.6 Å². The zero-order valence-corrected chi connectivity index (χ0v) is 15.2. The molecule has 0 heterocycles.